The minimum absolute atomic E-state index is 0.00269. The standard InChI is InChI=1S/C19H18N2O2S/c20-18-12-15(14-6-8-16(9-7-14)23-11-10-22)13-19(21-18)24-17-4-2-1-3-5-17/h1-9,12-13,22H,10-11H2,(H2,20,21). The van der Waals surface area contributed by atoms with Crippen molar-refractivity contribution in [3.8, 4) is 16.9 Å². The van der Waals surface area contributed by atoms with Gasteiger partial charge in [0.1, 0.15) is 23.2 Å². The molecule has 0 saturated carbocycles. The Morgan fingerprint density at radius 3 is 2.42 bits per heavy atom. The summed E-state index contributed by atoms with van der Waals surface area (Å²) in [6.45, 7) is 0.294. The Bertz CT molecular complexity index is 792. The molecule has 122 valence electrons. The van der Waals surface area contributed by atoms with Gasteiger partial charge in [-0.1, -0.05) is 42.1 Å². The Balaban J connectivity index is 1.83. The zero-order valence-electron chi connectivity index (χ0n) is 13.1. The number of benzene rings is 2. The number of aliphatic hydroxyl groups is 1. The lowest BCUT2D eigenvalue weighted by molar-refractivity contribution is 0.201. The van der Waals surface area contributed by atoms with Gasteiger partial charge >= 0.3 is 0 Å². The fourth-order valence-electron chi connectivity index (χ4n) is 2.26. The highest BCUT2D eigenvalue weighted by molar-refractivity contribution is 7.99. The summed E-state index contributed by atoms with van der Waals surface area (Å²) in [7, 11) is 0. The zero-order valence-corrected chi connectivity index (χ0v) is 13.9. The summed E-state index contributed by atoms with van der Waals surface area (Å²) in [5.41, 5.74) is 8.02. The number of anilines is 1. The van der Waals surface area contributed by atoms with Crippen molar-refractivity contribution in [3.63, 3.8) is 0 Å². The maximum atomic E-state index is 8.79. The number of nitrogens with zero attached hydrogens (tertiary/aromatic N) is 1. The molecule has 0 amide bonds. The molecule has 0 unspecified atom stereocenters. The number of hydrogen-bond donors (Lipinski definition) is 2. The Morgan fingerprint density at radius 1 is 0.958 bits per heavy atom. The van der Waals surface area contributed by atoms with Crippen LogP contribution in [0.3, 0.4) is 0 Å². The summed E-state index contributed by atoms with van der Waals surface area (Å²) in [5, 5.41) is 9.65. The van der Waals surface area contributed by atoms with Crippen LogP contribution >= 0.6 is 11.8 Å². The smallest absolute Gasteiger partial charge is 0.125 e. The van der Waals surface area contributed by atoms with Crippen LogP contribution in [-0.4, -0.2) is 23.3 Å². The minimum Gasteiger partial charge on any atom is -0.491 e. The van der Waals surface area contributed by atoms with Crippen molar-refractivity contribution in [1.82, 2.24) is 4.98 Å². The van der Waals surface area contributed by atoms with Crippen LogP contribution in [0.25, 0.3) is 11.1 Å². The van der Waals surface area contributed by atoms with Crippen LogP contribution in [0.5, 0.6) is 5.75 Å². The van der Waals surface area contributed by atoms with Crippen LogP contribution in [0.2, 0.25) is 0 Å². The number of nitrogen functional groups attached to an aromatic ring is 1. The maximum Gasteiger partial charge on any atom is 0.125 e. The van der Waals surface area contributed by atoms with Gasteiger partial charge in [-0.15, -0.1) is 0 Å². The fraction of sp³-hybridized carbons (Fsp3) is 0.105. The van der Waals surface area contributed by atoms with E-state index in [2.05, 4.69) is 4.98 Å². The number of aromatic nitrogens is 1. The number of aliphatic hydroxyl groups excluding tert-OH is 1. The summed E-state index contributed by atoms with van der Waals surface area (Å²) in [4.78, 5) is 5.52. The quantitative estimate of drug-likeness (QED) is 0.714. The second kappa shape index (κ2) is 7.86. The largest absolute Gasteiger partial charge is 0.491 e. The predicted molar refractivity (Wildman–Crippen MR) is 97.2 cm³/mol. The molecule has 4 nitrogen and oxygen atoms in total. The number of ether oxygens (including phenoxy) is 1. The summed E-state index contributed by atoms with van der Waals surface area (Å²) < 4.78 is 5.38. The van der Waals surface area contributed by atoms with Gasteiger partial charge in [-0.3, -0.25) is 0 Å². The first-order valence-corrected chi connectivity index (χ1v) is 8.41. The van der Waals surface area contributed by atoms with Crippen molar-refractivity contribution in [1.29, 1.82) is 0 Å². The van der Waals surface area contributed by atoms with E-state index in [4.69, 9.17) is 15.6 Å². The lowest BCUT2D eigenvalue weighted by atomic mass is 10.1. The van der Waals surface area contributed by atoms with Gasteiger partial charge in [0.05, 0.1) is 6.61 Å². The van der Waals surface area contributed by atoms with E-state index in [1.165, 1.54) is 0 Å². The molecule has 0 aliphatic heterocycles. The second-order valence-corrected chi connectivity index (χ2v) is 6.22. The molecule has 3 N–H and O–H groups in total. The number of rotatable bonds is 6. The van der Waals surface area contributed by atoms with E-state index in [0.717, 1.165) is 26.8 Å². The molecule has 0 spiro atoms. The first kappa shape index (κ1) is 16.4. The number of pyridine rings is 1. The summed E-state index contributed by atoms with van der Waals surface area (Å²) in [6, 6.07) is 21.7. The van der Waals surface area contributed by atoms with E-state index in [1.54, 1.807) is 11.8 Å². The lowest BCUT2D eigenvalue weighted by Gasteiger charge is -2.08. The monoisotopic (exact) mass is 338 g/mol. The van der Waals surface area contributed by atoms with E-state index in [9.17, 15) is 0 Å². The third kappa shape index (κ3) is 4.28. The van der Waals surface area contributed by atoms with Crippen LogP contribution < -0.4 is 10.5 Å². The Labute approximate surface area is 145 Å². The molecule has 0 aliphatic carbocycles. The van der Waals surface area contributed by atoms with Crippen LogP contribution in [0.4, 0.5) is 5.82 Å². The maximum absolute atomic E-state index is 8.79. The number of hydrogen-bond acceptors (Lipinski definition) is 5. The van der Waals surface area contributed by atoms with Crippen molar-refractivity contribution in [2.24, 2.45) is 0 Å². The molecular weight excluding hydrogens is 320 g/mol. The second-order valence-electron chi connectivity index (χ2n) is 5.13. The molecule has 0 fully saturated rings. The van der Waals surface area contributed by atoms with E-state index >= 15 is 0 Å². The molecular formula is C19H18N2O2S. The fourth-order valence-corrected chi connectivity index (χ4v) is 3.13. The van der Waals surface area contributed by atoms with Crippen molar-refractivity contribution >= 4 is 17.6 Å². The van der Waals surface area contributed by atoms with Crippen molar-refractivity contribution < 1.29 is 9.84 Å². The Hall–Kier alpha value is -2.50. The molecule has 1 heterocycles. The molecule has 0 aliphatic rings. The highest BCUT2D eigenvalue weighted by Gasteiger charge is 2.06. The normalized spacial score (nSPS) is 10.5. The van der Waals surface area contributed by atoms with E-state index in [-0.39, 0.29) is 6.61 Å². The van der Waals surface area contributed by atoms with Crippen molar-refractivity contribution in [3.05, 3.63) is 66.7 Å². The van der Waals surface area contributed by atoms with E-state index in [1.807, 2.05) is 66.7 Å². The van der Waals surface area contributed by atoms with E-state index in [0.29, 0.717) is 12.4 Å². The van der Waals surface area contributed by atoms with Gasteiger partial charge in [0.15, 0.2) is 0 Å². The predicted octanol–water partition coefficient (Wildman–Crippen LogP) is 3.85. The molecule has 1 aromatic heterocycles. The Kier molecular flexibility index (Phi) is 5.36. The van der Waals surface area contributed by atoms with Gasteiger partial charge in [0.25, 0.3) is 0 Å². The lowest BCUT2D eigenvalue weighted by Crippen LogP contribution is -2.01. The van der Waals surface area contributed by atoms with E-state index < -0.39 is 0 Å². The molecule has 2 aromatic carbocycles. The highest BCUT2D eigenvalue weighted by Crippen LogP contribution is 2.31. The van der Waals surface area contributed by atoms with Crippen LogP contribution in [-0.2, 0) is 0 Å². The summed E-state index contributed by atoms with van der Waals surface area (Å²) in [5.74, 6) is 1.22. The molecule has 0 radical (unpaired) electrons. The molecule has 0 saturated heterocycles. The topological polar surface area (TPSA) is 68.4 Å². The molecule has 3 rings (SSSR count). The first-order chi connectivity index (χ1) is 11.7. The minimum atomic E-state index is 0.00269. The van der Waals surface area contributed by atoms with Gasteiger partial charge < -0.3 is 15.6 Å². The first-order valence-electron chi connectivity index (χ1n) is 7.59. The van der Waals surface area contributed by atoms with Crippen LogP contribution in [0.1, 0.15) is 0 Å². The van der Waals surface area contributed by atoms with Gasteiger partial charge in [-0.05, 0) is 47.5 Å². The summed E-state index contributed by atoms with van der Waals surface area (Å²) >= 11 is 1.58. The molecule has 5 heteroatoms. The zero-order chi connectivity index (χ0) is 16.8. The van der Waals surface area contributed by atoms with Gasteiger partial charge in [-0.25, -0.2) is 4.98 Å². The molecule has 0 atom stereocenters. The third-order valence-corrected chi connectivity index (χ3v) is 4.26. The van der Waals surface area contributed by atoms with Crippen LogP contribution in [0.15, 0.2) is 76.7 Å². The molecule has 24 heavy (non-hydrogen) atoms. The van der Waals surface area contributed by atoms with Crippen molar-refractivity contribution in [2.45, 2.75) is 9.92 Å². The molecule has 3 aromatic rings. The summed E-state index contributed by atoms with van der Waals surface area (Å²) in [6.07, 6.45) is 0. The number of nitrogens with two attached hydrogens (primary N) is 1. The van der Waals surface area contributed by atoms with Gasteiger partial charge in [0, 0.05) is 4.90 Å². The highest BCUT2D eigenvalue weighted by atomic mass is 32.2. The molecule has 0 bridgehead atoms. The average molecular weight is 338 g/mol. The SMILES string of the molecule is Nc1cc(-c2ccc(OCCO)cc2)cc(Sc2ccccc2)n1. The average Bonchev–Trinajstić information content (AvgIpc) is 2.61. The third-order valence-electron chi connectivity index (χ3n) is 3.33. The Morgan fingerprint density at radius 2 is 1.71 bits per heavy atom. The van der Waals surface area contributed by atoms with Crippen molar-refractivity contribution in [2.75, 3.05) is 18.9 Å². The van der Waals surface area contributed by atoms with Crippen LogP contribution in [0, 0.1) is 0 Å². The van der Waals surface area contributed by atoms with Gasteiger partial charge in [-0.2, -0.15) is 0 Å². The van der Waals surface area contributed by atoms with Gasteiger partial charge in [0.2, 0.25) is 0 Å².